The van der Waals surface area contributed by atoms with E-state index in [-0.39, 0.29) is 51.5 Å². The molecule has 8 atom stereocenters. The van der Waals surface area contributed by atoms with Gasteiger partial charge in [-0.25, -0.2) is 4.79 Å². The molecule has 2 aliphatic heterocycles. The third-order valence-electron chi connectivity index (χ3n) is 7.77. The Hall–Kier alpha value is -1.91. The molecule has 10 heteroatoms. The molecule has 0 unspecified atom stereocenters. The number of likely N-dealkylation sites (tertiary alicyclic amines) is 1. The van der Waals surface area contributed by atoms with E-state index in [0.717, 1.165) is 21.2 Å². The van der Waals surface area contributed by atoms with Gasteiger partial charge in [0.15, 0.2) is 0 Å². The van der Waals surface area contributed by atoms with Crippen molar-refractivity contribution in [2.45, 2.75) is 42.5 Å². The highest BCUT2D eigenvalue weighted by molar-refractivity contribution is 8.00. The van der Waals surface area contributed by atoms with Gasteiger partial charge in [0.25, 0.3) is 0 Å². The van der Waals surface area contributed by atoms with Crippen LogP contribution in [0.15, 0.2) is 27.3 Å². The summed E-state index contributed by atoms with van der Waals surface area (Å²) in [5.41, 5.74) is 0. The Kier molecular flexibility index (Phi) is 4.55. The van der Waals surface area contributed by atoms with Crippen LogP contribution in [0.3, 0.4) is 0 Å². The molecule has 2 amide bonds. The number of H-pyrrole nitrogens is 1. The quantitative estimate of drug-likeness (QED) is 0.638. The van der Waals surface area contributed by atoms with E-state index >= 15 is 0 Å². The van der Waals surface area contributed by atoms with Gasteiger partial charge in [-0.3, -0.25) is 19.3 Å². The smallest absolute Gasteiger partial charge is 0.327 e. The van der Waals surface area contributed by atoms with Gasteiger partial charge >= 0.3 is 10.8 Å². The average Bonchev–Trinajstić information content (AvgIpc) is 3.51. The van der Waals surface area contributed by atoms with Crippen LogP contribution in [-0.2, 0) is 14.4 Å². The number of fused-ring (bicyclic) bond motifs is 9. The lowest BCUT2D eigenvalue weighted by molar-refractivity contribution is -0.157. The Labute approximate surface area is 196 Å². The number of thioether (sulfide) groups is 1. The number of aliphatic carboxylic acids is 1. The third-order valence-corrected chi connectivity index (χ3v) is 11.3. The molecule has 6 rings (SSSR count). The van der Waals surface area contributed by atoms with E-state index in [0.29, 0.717) is 0 Å². The minimum Gasteiger partial charge on any atom is -0.480 e. The molecule has 32 heavy (non-hydrogen) atoms. The molecule has 7 nitrogen and oxygen atoms in total. The molecule has 2 bridgehead atoms. The number of carbonyl (C=O) groups excluding carboxylic acids is 2. The van der Waals surface area contributed by atoms with Crippen molar-refractivity contribution < 1.29 is 19.5 Å². The van der Waals surface area contributed by atoms with E-state index < -0.39 is 23.8 Å². The molecule has 1 saturated heterocycles. The van der Waals surface area contributed by atoms with Crippen molar-refractivity contribution in [3.05, 3.63) is 36.9 Å². The number of imide groups is 1. The summed E-state index contributed by atoms with van der Waals surface area (Å²) in [5, 5.41) is 12.8. The van der Waals surface area contributed by atoms with E-state index in [1.165, 1.54) is 16.2 Å². The second kappa shape index (κ2) is 7.04. The van der Waals surface area contributed by atoms with Crippen LogP contribution in [0.5, 0.6) is 0 Å². The number of carboxylic acid groups (broad SMARTS) is 1. The topological polar surface area (TPSA) is 108 Å². The second-order valence-electron chi connectivity index (χ2n) is 9.55. The number of hydrogen-bond donors (Lipinski definition) is 2. The average molecular weight is 491 g/mol. The van der Waals surface area contributed by atoms with Gasteiger partial charge in [0.1, 0.15) is 6.04 Å². The van der Waals surface area contributed by atoms with Crippen LogP contribution < -0.4 is 4.87 Å². The summed E-state index contributed by atoms with van der Waals surface area (Å²) in [6, 6.07) is 2.97. The van der Waals surface area contributed by atoms with Crippen LogP contribution in [0.25, 0.3) is 0 Å². The molecule has 2 aliphatic carbocycles. The number of aromatic amines is 1. The maximum atomic E-state index is 13.5. The predicted molar refractivity (Wildman–Crippen MR) is 121 cm³/mol. The Bertz CT molecular complexity index is 1180. The van der Waals surface area contributed by atoms with Crippen molar-refractivity contribution in [3.63, 3.8) is 0 Å². The van der Waals surface area contributed by atoms with Crippen LogP contribution in [0.2, 0.25) is 0 Å². The maximum absolute atomic E-state index is 13.5. The molecule has 2 aromatic rings. The van der Waals surface area contributed by atoms with E-state index in [2.05, 4.69) is 11.1 Å². The van der Waals surface area contributed by atoms with E-state index in [1.54, 1.807) is 36.9 Å². The molecule has 0 aromatic carbocycles. The van der Waals surface area contributed by atoms with Crippen molar-refractivity contribution in [2.75, 3.05) is 0 Å². The van der Waals surface area contributed by atoms with Gasteiger partial charge in [-0.2, -0.15) is 0 Å². The number of amides is 2. The molecule has 168 valence electrons. The van der Waals surface area contributed by atoms with Gasteiger partial charge in [0.2, 0.25) is 11.8 Å². The number of carbonyl (C=O) groups is 3. The molecule has 2 saturated carbocycles. The van der Waals surface area contributed by atoms with Crippen molar-refractivity contribution in [2.24, 2.45) is 35.5 Å². The molecule has 2 aromatic heterocycles. The molecular formula is C22H22N2O5S3. The Balaban J connectivity index is 1.43. The standard InChI is InChI=1S/C22H22N2O5S3/c1-7(2)15(21(27)28)24-19(25)12-8-6-9(13(12)20(24)26)16-11(8)14(10-4-3-5-30-10)17-18(31-16)23-22(29)32-17/h3-5,7-9,11-16H,6H2,1-2H3,(H,23,29)(H,27,28)/t8-,9+,11+,12+,13+,14+,15-,16-/m1/s1. The van der Waals surface area contributed by atoms with Crippen molar-refractivity contribution in [1.29, 1.82) is 0 Å². The zero-order valence-corrected chi connectivity index (χ0v) is 19.8. The minimum absolute atomic E-state index is 0.0158. The van der Waals surface area contributed by atoms with Crippen LogP contribution in [0, 0.1) is 35.5 Å². The monoisotopic (exact) mass is 490 g/mol. The predicted octanol–water partition coefficient (Wildman–Crippen LogP) is 3.08. The fraction of sp³-hybridized carbons (Fsp3) is 0.545. The summed E-state index contributed by atoms with van der Waals surface area (Å²) in [4.78, 5) is 57.3. The summed E-state index contributed by atoms with van der Waals surface area (Å²) >= 11 is 4.56. The molecular weight excluding hydrogens is 468 g/mol. The van der Waals surface area contributed by atoms with Crippen molar-refractivity contribution in [3.8, 4) is 0 Å². The maximum Gasteiger partial charge on any atom is 0.327 e. The fourth-order valence-electron chi connectivity index (χ4n) is 6.79. The highest BCUT2D eigenvalue weighted by Gasteiger charge is 2.70. The van der Waals surface area contributed by atoms with Gasteiger partial charge in [0.05, 0.1) is 16.9 Å². The van der Waals surface area contributed by atoms with Crippen LogP contribution in [-0.4, -0.2) is 44.1 Å². The number of nitrogens with zero attached hydrogens (tertiary/aromatic N) is 1. The Morgan fingerprint density at radius 1 is 1.19 bits per heavy atom. The largest absolute Gasteiger partial charge is 0.480 e. The summed E-state index contributed by atoms with van der Waals surface area (Å²) in [7, 11) is 0. The summed E-state index contributed by atoms with van der Waals surface area (Å²) < 4.78 is 0. The van der Waals surface area contributed by atoms with Crippen LogP contribution >= 0.6 is 34.4 Å². The van der Waals surface area contributed by atoms with E-state index in [9.17, 15) is 24.3 Å². The number of hydrogen-bond acceptors (Lipinski definition) is 7. The van der Waals surface area contributed by atoms with Gasteiger partial charge in [-0.05, 0) is 41.5 Å². The first-order valence-electron chi connectivity index (χ1n) is 10.8. The van der Waals surface area contributed by atoms with E-state index in [4.69, 9.17) is 0 Å². The van der Waals surface area contributed by atoms with E-state index in [1.807, 2.05) is 11.4 Å². The summed E-state index contributed by atoms with van der Waals surface area (Å²) in [5.74, 6) is -2.78. The lowest BCUT2D eigenvalue weighted by atomic mass is 9.69. The lowest BCUT2D eigenvalue weighted by Crippen LogP contribution is -2.49. The van der Waals surface area contributed by atoms with Gasteiger partial charge in [-0.15, -0.1) is 23.1 Å². The van der Waals surface area contributed by atoms with Crippen LogP contribution in [0.4, 0.5) is 0 Å². The molecule has 4 heterocycles. The number of thiophene rings is 1. The first-order chi connectivity index (χ1) is 15.3. The zero-order chi connectivity index (χ0) is 22.5. The number of rotatable bonds is 4. The normalized spacial score (nSPS) is 35.8. The van der Waals surface area contributed by atoms with Gasteiger partial charge < -0.3 is 10.1 Å². The summed E-state index contributed by atoms with van der Waals surface area (Å²) in [6.07, 6.45) is 0.809. The number of nitrogens with one attached hydrogen (secondary N) is 1. The molecule has 2 N–H and O–H groups in total. The number of carboxylic acids is 1. The Morgan fingerprint density at radius 2 is 1.91 bits per heavy atom. The zero-order valence-electron chi connectivity index (χ0n) is 17.4. The highest BCUT2D eigenvalue weighted by atomic mass is 32.2. The second-order valence-corrected chi connectivity index (χ2v) is 12.7. The van der Waals surface area contributed by atoms with Crippen molar-refractivity contribution in [1.82, 2.24) is 9.88 Å². The van der Waals surface area contributed by atoms with Gasteiger partial charge in [0, 0.05) is 20.9 Å². The summed E-state index contributed by atoms with van der Waals surface area (Å²) in [6.45, 7) is 3.47. The lowest BCUT2D eigenvalue weighted by Gasteiger charge is -2.42. The van der Waals surface area contributed by atoms with Gasteiger partial charge in [-0.1, -0.05) is 31.3 Å². The molecule has 0 spiro atoms. The number of thiazole rings is 1. The fourth-order valence-corrected chi connectivity index (χ4v) is 10.6. The third kappa shape index (κ3) is 2.60. The molecule has 3 fully saturated rings. The van der Waals surface area contributed by atoms with Crippen molar-refractivity contribution >= 4 is 52.2 Å². The first-order valence-corrected chi connectivity index (χ1v) is 13.4. The molecule has 4 aliphatic rings. The van der Waals surface area contributed by atoms with Crippen LogP contribution in [0.1, 0.15) is 35.9 Å². The number of aromatic nitrogens is 1. The first kappa shape index (κ1) is 20.7. The minimum atomic E-state index is -1.13. The Morgan fingerprint density at radius 3 is 2.53 bits per heavy atom. The highest BCUT2D eigenvalue weighted by Crippen LogP contribution is 2.68. The SMILES string of the molecule is CC(C)[C@H](C(=O)O)N1C(=O)[C@H]2[C@@H]3C[C@@H]([C@@H]2C1=O)[C@H]1[C@H](c2cccs2)c2sc(=O)[nH]c2S[C@H]31. The molecule has 0 radical (unpaired) electrons.